The van der Waals surface area contributed by atoms with E-state index in [-0.39, 0.29) is 18.0 Å². The smallest absolute Gasteiger partial charge is 0.265 e. The van der Waals surface area contributed by atoms with Crippen molar-refractivity contribution in [3.63, 3.8) is 0 Å². The van der Waals surface area contributed by atoms with E-state index in [4.69, 9.17) is 10.7 Å². The third-order valence-electron chi connectivity index (χ3n) is 5.81. The lowest BCUT2D eigenvalue weighted by Crippen LogP contribution is -2.38. The van der Waals surface area contributed by atoms with Crippen molar-refractivity contribution in [3.05, 3.63) is 46.3 Å². The summed E-state index contributed by atoms with van der Waals surface area (Å²) in [7, 11) is 0. The summed E-state index contributed by atoms with van der Waals surface area (Å²) in [6, 6.07) is 3.28. The summed E-state index contributed by atoms with van der Waals surface area (Å²) < 4.78 is 3.39. The zero-order chi connectivity index (χ0) is 22.1. The number of primary amides is 1. The molecule has 0 atom stereocenters. The molecule has 0 radical (unpaired) electrons. The molecule has 0 unspecified atom stereocenters. The van der Waals surface area contributed by atoms with E-state index in [1.165, 1.54) is 10.6 Å². The Bertz CT molecular complexity index is 1200. The maximum Gasteiger partial charge on any atom is 0.265 e. The first kappa shape index (κ1) is 20.8. The second-order valence-corrected chi connectivity index (χ2v) is 7.71. The van der Waals surface area contributed by atoms with Crippen molar-refractivity contribution in [1.82, 2.24) is 24.0 Å². The second kappa shape index (κ2) is 8.33. The van der Waals surface area contributed by atoms with Gasteiger partial charge in [-0.15, -0.1) is 0 Å². The van der Waals surface area contributed by atoms with Gasteiger partial charge in [0.2, 0.25) is 5.91 Å². The van der Waals surface area contributed by atoms with Crippen molar-refractivity contribution in [2.24, 2.45) is 5.73 Å². The number of carbonyl (C=O) groups excluding carboxylic acids is 2. The Morgan fingerprint density at radius 3 is 2.65 bits per heavy atom. The molecule has 3 aromatic rings. The number of imidazole rings is 1. The van der Waals surface area contributed by atoms with Gasteiger partial charge in [-0.3, -0.25) is 19.0 Å². The van der Waals surface area contributed by atoms with Crippen LogP contribution in [0.1, 0.15) is 42.9 Å². The Kier molecular flexibility index (Phi) is 5.58. The number of nitrogens with two attached hydrogens (primary N) is 1. The van der Waals surface area contributed by atoms with Gasteiger partial charge in [-0.05, 0) is 38.8 Å². The molecule has 4 rings (SSSR count). The summed E-state index contributed by atoms with van der Waals surface area (Å²) in [5, 5.41) is 0.559. The van der Waals surface area contributed by atoms with Crippen LogP contribution in [0, 0.1) is 0 Å². The van der Waals surface area contributed by atoms with Crippen molar-refractivity contribution >= 4 is 22.8 Å². The SMILES string of the molecule is CCN(CC)C(=O)Cn1c(=O)c(C(N)=O)cc2cc(-c3cn4c(n3)CCCC4)cnc21. The lowest BCUT2D eigenvalue weighted by Gasteiger charge is -2.20. The Morgan fingerprint density at radius 2 is 1.97 bits per heavy atom. The van der Waals surface area contributed by atoms with Gasteiger partial charge in [-0.1, -0.05) is 0 Å². The zero-order valence-electron chi connectivity index (χ0n) is 17.8. The lowest BCUT2D eigenvalue weighted by atomic mass is 10.1. The van der Waals surface area contributed by atoms with E-state index in [9.17, 15) is 14.4 Å². The summed E-state index contributed by atoms with van der Waals surface area (Å²) in [6.07, 6.45) is 6.86. The van der Waals surface area contributed by atoms with Gasteiger partial charge < -0.3 is 15.2 Å². The molecule has 1 aliphatic rings. The average Bonchev–Trinajstić information content (AvgIpc) is 3.20. The van der Waals surface area contributed by atoms with Gasteiger partial charge in [-0.2, -0.15) is 0 Å². The number of rotatable bonds is 6. The van der Waals surface area contributed by atoms with Crippen LogP contribution in [-0.2, 0) is 24.3 Å². The Hall–Kier alpha value is -3.49. The molecule has 0 saturated carbocycles. The summed E-state index contributed by atoms with van der Waals surface area (Å²) in [6.45, 7) is 5.54. The van der Waals surface area contributed by atoms with E-state index in [2.05, 4.69) is 9.55 Å². The molecule has 0 fully saturated rings. The molecule has 4 heterocycles. The van der Waals surface area contributed by atoms with Crippen LogP contribution in [0.5, 0.6) is 0 Å². The number of hydrogen-bond donors (Lipinski definition) is 1. The van der Waals surface area contributed by atoms with Crippen molar-refractivity contribution < 1.29 is 9.59 Å². The fourth-order valence-electron chi connectivity index (χ4n) is 4.09. The number of likely N-dealkylation sites (N-methyl/N-ethyl adjacent to an activating group) is 1. The van der Waals surface area contributed by atoms with Gasteiger partial charge in [0.1, 0.15) is 23.6 Å². The van der Waals surface area contributed by atoms with Crippen molar-refractivity contribution in [2.75, 3.05) is 13.1 Å². The third kappa shape index (κ3) is 3.83. The lowest BCUT2D eigenvalue weighted by molar-refractivity contribution is -0.131. The van der Waals surface area contributed by atoms with Crippen molar-refractivity contribution in [2.45, 2.75) is 46.2 Å². The molecule has 2 N–H and O–H groups in total. The molecule has 31 heavy (non-hydrogen) atoms. The highest BCUT2D eigenvalue weighted by molar-refractivity contribution is 5.96. The van der Waals surface area contributed by atoms with Gasteiger partial charge >= 0.3 is 0 Å². The number of aryl methyl sites for hydroxylation is 2. The fraction of sp³-hybridized carbons (Fsp3) is 0.409. The van der Waals surface area contributed by atoms with Gasteiger partial charge in [0.25, 0.3) is 11.5 Å². The number of fused-ring (bicyclic) bond motifs is 2. The topological polar surface area (TPSA) is 116 Å². The molecular weight excluding hydrogens is 396 g/mol. The quantitative estimate of drug-likeness (QED) is 0.647. The van der Waals surface area contributed by atoms with Crippen LogP contribution < -0.4 is 11.3 Å². The van der Waals surface area contributed by atoms with Crippen LogP contribution in [0.2, 0.25) is 0 Å². The minimum Gasteiger partial charge on any atom is -0.365 e. The second-order valence-electron chi connectivity index (χ2n) is 7.71. The van der Waals surface area contributed by atoms with E-state index in [0.717, 1.165) is 42.9 Å². The zero-order valence-corrected chi connectivity index (χ0v) is 17.8. The monoisotopic (exact) mass is 422 g/mol. The molecule has 3 aromatic heterocycles. The summed E-state index contributed by atoms with van der Waals surface area (Å²) in [4.78, 5) is 48.3. The number of nitrogens with zero attached hydrogens (tertiary/aromatic N) is 5. The Morgan fingerprint density at radius 1 is 1.19 bits per heavy atom. The van der Waals surface area contributed by atoms with Gasteiger partial charge in [-0.25, -0.2) is 9.97 Å². The summed E-state index contributed by atoms with van der Waals surface area (Å²) >= 11 is 0. The molecule has 1 aliphatic heterocycles. The highest BCUT2D eigenvalue weighted by Gasteiger charge is 2.20. The molecular formula is C22H26N6O3. The summed E-state index contributed by atoms with van der Waals surface area (Å²) in [5.41, 5.74) is 6.59. The number of amides is 2. The Balaban J connectivity index is 1.83. The van der Waals surface area contributed by atoms with Crippen LogP contribution >= 0.6 is 0 Å². The largest absolute Gasteiger partial charge is 0.365 e. The highest BCUT2D eigenvalue weighted by atomic mass is 16.2. The average molecular weight is 422 g/mol. The fourth-order valence-corrected chi connectivity index (χ4v) is 4.09. The van der Waals surface area contributed by atoms with Crippen LogP contribution in [0.3, 0.4) is 0 Å². The molecule has 9 heteroatoms. The van der Waals surface area contributed by atoms with E-state index in [1.54, 1.807) is 11.1 Å². The minimum atomic E-state index is -0.834. The van der Waals surface area contributed by atoms with Crippen LogP contribution in [0.15, 0.2) is 29.3 Å². The van der Waals surface area contributed by atoms with Gasteiger partial charge in [0.15, 0.2) is 0 Å². The van der Waals surface area contributed by atoms with Crippen molar-refractivity contribution in [1.29, 1.82) is 0 Å². The van der Waals surface area contributed by atoms with E-state index >= 15 is 0 Å². The predicted octanol–water partition coefficient (Wildman–Crippen LogP) is 1.56. The molecule has 0 bridgehead atoms. The standard InChI is InChI=1S/C22H26N6O3/c1-3-26(4-2)19(29)13-28-21-14(10-16(20(23)30)22(28)31)9-15(11-24-21)17-12-27-8-6-5-7-18(27)25-17/h9-12H,3-8,13H2,1-2H3,(H2,23,30). The molecule has 0 aliphatic carbocycles. The van der Waals surface area contributed by atoms with Crippen molar-refractivity contribution in [3.8, 4) is 11.3 Å². The van der Waals surface area contributed by atoms with Crippen LogP contribution in [0.4, 0.5) is 0 Å². The first-order valence-electron chi connectivity index (χ1n) is 10.6. The molecule has 162 valence electrons. The predicted molar refractivity (Wildman–Crippen MR) is 117 cm³/mol. The molecule has 2 amide bonds. The van der Waals surface area contributed by atoms with Gasteiger partial charge in [0.05, 0.1) is 5.69 Å². The Labute approximate surface area is 179 Å². The van der Waals surface area contributed by atoms with E-state index in [1.807, 2.05) is 26.1 Å². The van der Waals surface area contributed by atoms with E-state index in [0.29, 0.717) is 24.1 Å². The van der Waals surface area contributed by atoms with Crippen LogP contribution in [0.25, 0.3) is 22.3 Å². The van der Waals surface area contributed by atoms with Crippen LogP contribution in [-0.4, -0.2) is 48.9 Å². The maximum absolute atomic E-state index is 12.9. The van der Waals surface area contributed by atoms with E-state index < -0.39 is 11.5 Å². The van der Waals surface area contributed by atoms with Gasteiger partial charge in [0, 0.05) is 49.4 Å². The first-order chi connectivity index (χ1) is 14.9. The number of hydrogen-bond acceptors (Lipinski definition) is 5. The molecule has 0 aromatic carbocycles. The number of aromatic nitrogens is 4. The normalized spacial score (nSPS) is 13.2. The first-order valence-corrected chi connectivity index (χ1v) is 10.6. The molecule has 9 nitrogen and oxygen atoms in total. The highest BCUT2D eigenvalue weighted by Crippen LogP contribution is 2.25. The third-order valence-corrected chi connectivity index (χ3v) is 5.81. The summed E-state index contributed by atoms with van der Waals surface area (Å²) in [5.74, 6) is -0.00423. The maximum atomic E-state index is 12.9. The number of pyridine rings is 2. The minimum absolute atomic E-state index is 0.164. The molecule has 0 saturated heterocycles. The molecule has 0 spiro atoms. The number of carbonyl (C=O) groups is 2.